The molecule has 3 aromatic rings. The Morgan fingerprint density at radius 2 is 1.93 bits per heavy atom. The number of aromatic nitrogens is 3. The van der Waals surface area contributed by atoms with Gasteiger partial charge in [-0.25, -0.2) is 12.4 Å². The number of hydrogen-bond acceptors (Lipinski definition) is 6. The van der Waals surface area contributed by atoms with Crippen molar-refractivity contribution < 1.29 is 8.42 Å². The quantitative estimate of drug-likeness (QED) is 0.637. The predicted molar refractivity (Wildman–Crippen MR) is 115 cm³/mol. The van der Waals surface area contributed by atoms with Crippen LogP contribution in [0, 0.1) is 12.8 Å². The highest BCUT2D eigenvalue weighted by Gasteiger charge is 2.29. The van der Waals surface area contributed by atoms with E-state index in [1.165, 1.54) is 10.2 Å². The van der Waals surface area contributed by atoms with Gasteiger partial charge in [0.1, 0.15) is 5.82 Å². The van der Waals surface area contributed by atoms with E-state index in [0.717, 1.165) is 25.1 Å². The number of piperidine rings is 1. The van der Waals surface area contributed by atoms with E-state index in [-0.39, 0.29) is 21.9 Å². The van der Waals surface area contributed by atoms with Gasteiger partial charge in [-0.3, -0.25) is 0 Å². The van der Waals surface area contributed by atoms with E-state index in [1.807, 2.05) is 14.0 Å². The molecule has 154 valence electrons. The second-order valence-corrected chi connectivity index (χ2v) is 9.78. The summed E-state index contributed by atoms with van der Waals surface area (Å²) in [6.07, 6.45) is 2.59. The number of nitrogens with one attached hydrogen (secondary N) is 1. The first kappa shape index (κ1) is 20.1. The van der Waals surface area contributed by atoms with Crippen LogP contribution >= 0.6 is 11.6 Å². The lowest BCUT2D eigenvalue weighted by atomic mass is 9.93. The largest absolute Gasteiger partial charge is 0.354 e. The molecule has 4 rings (SSSR count). The molecule has 2 aromatic heterocycles. The summed E-state index contributed by atoms with van der Waals surface area (Å²) >= 11 is 6.22. The predicted octanol–water partition coefficient (Wildman–Crippen LogP) is 3.06. The molecule has 0 amide bonds. The molecule has 1 aromatic carbocycles. The van der Waals surface area contributed by atoms with Crippen LogP contribution in [0.15, 0.2) is 41.4 Å². The molecular formula is C20H24ClN5O2S. The van der Waals surface area contributed by atoms with Crippen molar-refractivity contribution >= 4 is 38.5 Å². The molecule has 2 atom stereocenters. The lowest BCUT2D eigenvalue weighted by Gasteiger charge is -2.37. The molecule has 3 heterocycles. The molecule has 1 aliphatic rings. The molecule has 0 spiro atoms. The molecule has 1 aliphatic heterocycles. The van der Waals surface area contributed by atoms with Crippen LogP contribution in [-0.4, -0.2) is 48.5 Å². The van der Waals surface area contributed by atoms with Crippen molar-refractivity contribution in [1.82, 2.24) is 19.3 Å². The van der Waals surface area contributed by atoms with Gasteiger partial charge in [-0.05, 0) is 55.6 Å². The highest BCUT2D eigenvalue weighted by molar-refractivity contribution is 7.90. The summed E-state index contributed by atoms with van der Waals surface area (Å²) in [5.74, 6) is 1.11. The Balaban J connectivity index is 1.82. The molecule has 9 heteroatoms. The number of likely N-dealkylation sites (N-methyl/N-ethyl adjacent to an activating group) is 1. The Bertz CT molecular complexity index is 1140. The molecule has 29 heavy (non-hydrogen) atoms. The Kier molecular flexibility index (Phi) is 5.27. The van der Waals surface area contributed by atoms with E-state index in [2.05, 4.69) is 27.1 Å². The smallest absolute Gasteiger partial charge is 0.269 e. The zero-order valence-corrected chi connectivity index (χ0v) is 18.2. The molecule has 1 saturated heterocycles. The minimum Gasteiger partial charge on any atom is -0.354 e. The van der Waals surface area contributed by atoms with Crippen LogP contribution in [0.5, 0.6) is 0 Å². The molecular weight excluding hydrogens is 410 g/mol. The Morgan fingerprint density at radius 3 is 2.62 bits per heavy atom. The number of halogens is 1. The summed E-state index contributed by atoms with van der Waals surface area (Å²) in [4.78, 5) is 11.0. The number of anilines is 1. The second kappa shape index (κ2) is 7.59. The zero-order valence-electron chi connectivity index (χ0n) is 16.6. The summed E-state index contributed by atoms with van der Waals surface area (Å²) in [6.45, 7) is 5.96. The Labute approximate surface area is 175 Å². The molecule has 0 radical (unpaired) electrons. The highest BCUT2D eigenvalue weighted by atomic mass is 35.5. The van der Waals surface area contributed by atoms with Gasteiger partial charge in [0.15, 0.2) is 5.65 Å². The van der Waals surface area contributed by atoms with Gasteiger partial charge in [-0.2, -0.15) is 9.97 Å². The minimum atomic E-state index is -3.80. The lowest BCUT2D eigenvalue weighted by molar-refractivity contribution is 0.338. The number of rotatable bonds is 4. The number of fused-ring (bicyclic) bond motifs is 1. The number of aryl methyl sites for hydroxylation is 1. The van der Waals surface area contributed by atoms with E-state index in [1.54, 1.807) is 30.3 Å². The van der Waals surface area contributed by atoms with E-state index in [0.29, 0.717) is 17.1 Å². The molecule has 1 N–H and O–H groups in total. The molecule has 7 nitrogen and oxygen atoms in total. The number of nitrogens with zero attached hydrogens (tertiary/aromatic N) is 4. The van der Waals surface area contributed by atoms with Crippen LogP contribution in [0.1, 0.15) is 18.9 Å². The molecule has 0 bridgehead atoms. The maximum Gasteiger partial charge on any atom is 0.269 e. The van der Waals surface area contributed by atoms with Crippen LogP contribution in [0.3, 0.4) is 0 Å². The maximum atomic E-state index is 13.2. The van der Waals surface area contributed by atoms with Crippen molar-refractivity contribution in [1.29, 1.82) is 0 Å². The first-order valence-electron chi connectivity index (χ1n) is 9.59. The first-order chi connectivity index (χ1) is 13.8. The summed E-state index contributed by atoms with van der Waals surface area (Å²) in [6, 6.07) is 8.72. The fourth-order valence-electron chi connectivity index (χ4n) is 3.89. The zero-order chi connectivity index (χ0) is 20.8. The third kappa shape index (κ3) is 3.60. The maximum absolute atomic E-state index is 13.2. The lowest BCUT2D eigenvalue weighted by Crippen LogP contribution is -2.49. The van der Waals surface area contributed by atoms with Gasteiger partial charge < -0.3 is 10.2 Å². The molecule has 0 unspecified atom stereocenters. The van der Waals surface area contributed by atoms with Crippen LogP contribution in [0.2, 0.25) is 5.28 Å². The fourth-order valence-corrected chi connectivity index (χ4v) is 5.34. The van der Waals surface area contributed by atoms with Crippen molar-refractivity contribution in [2.75, 3.05) is 25.0 Å². The summed E-state index contributed by atoms with van der Waals surface area (Å²) in [5.41, 5.74) is 1.27. The van der Waals surface area contributed by atoms with Gasteiger partial charge in [0.25, 0.3) is 10.0 Å². The topological polar surface area (TPSA) is 80.1 Å². The van der Waals surface area contributed by atoms with E-state index < -0.39 is 10.0 Å². The van der Waals surface area contributed by atoms with Crippen LogP contribution in [0.25, 0.3) is 11.0 Å². The van der Waals surface area contributed by atoms with Gasteiger partial charge >= 0.3 is 0 Å². The Hall–Kier alpha value is -2.16. The van der Waals surface area contributed by atoms with Gasteiger partial charge in [-0.15, -0.1) is 0 Å². The molecule has 0 saturated carbocycles. The van der Waals surface area contributed by atoms with Gasteiger partial charge in [0.2, 0.25) is 5.28 Å². The van der Waals surface area contributed by atoms with Crippen molar-refractivity contribution in [3.63, 3.8) is 0 Å². The van der Waals surface area contributed by atoms with E-state index in [4.69, 9.17) is 11.6 Å². The van der Waals surface area contributed by atoms with Gasteiger partial charge in [0.05, 0.1) is 10.3 Å². The normalized spacial score (nSPS) is 20.1. The van der Waals surface area contributed by atoms with E-state index >= 15 is 0 Å². The van der Waals surface area contributed by atoms with Crippen LogP contribution in [-0.2, 0) is 10.0 Å². The third-order valence-corrected chi connectivity index (χ3v) is 7.51. The number of benzene rings is 1. The van der Waals surface area contributed by atoms with E-state index in [9.17, 15) is 8.42 Å². The second-order valence-electron chi connectivity index (χ2n) is 7.63. The first-order valence-corrected chi connectivity index (χ1v) is 11.4. The monoisotopic (exact) mass is 433 g/mol. The standard InChI is InChI=1S/C20H24ClN5O2S/c1-13-4-6-15(7-5-13)29(27,28)26-11-9-16-18(23-20(21)24-19(16)26)25(3)17-12-22-10-8-14(17)2/h4-7,9,11,14,17,22H,8,10,12H2,1-3H3/t14-,17+/m1/s1. The van der Waals surface area contributed by atoms with Crippen LogP contribution < -0.4 is 10.2 Å². The molecule has 0 aliphatic carbocycles. The van der Waals surface area contributed by atoms with Crippen molar-refractivity contribution in [2.45, 2.75) is 31.2 Å². The average Bonchev–Trinajstić information content (AvgIpc) is 3.12. The fraction of sp³-hybridized carbons (Fsp3) is 0.400. The number of hydrogen-bond donors (Lipinski definition) is 1. The van der Waals surface area contributed by atoms with Crippen molar-refractivity contribution in [2.24, 2.45) is 5.92 Å². The molecule has 1 fully saturated rings. The summed E-state index contributed by atoms with van der Waals surface area (Å²) in [5, 5.41) is 4.10. The average molecular weight is 434 g/mol. The van der Waals surface area contributed by atoms with Crippen LogP contribution in [0.4, 0.5) is 5.82 Å². The van der Waals surface area contributed by atoms with Gasteiger partial charge in [-0.1, -0.05) is 24.6 Å². The Morgan fingerprint density at radius 1 is 1.21 bits per heavy atom. The van der Waals surface area contributed by atoms with Crippen molar-refractivity contribution in [3.05, 3.63) is 47.4 Å². The minimum absolute atomic E-state index is 0.0230. The summed E-state index contributed by atoms with van der Waals surface area (Å²) < 4.78 is 27.6. The summed E-state index contributed by atoms with van der Waals surface area (Å²) in [7, 11) is -1.83. The highest BCUT2D eigenvalue weighted by Crippen LogP contribution is 2.31. The van der Waals surface area contributed by atoms with Gasteiger partial charge in [0, 0.05) is 25.8 Å². The van der Waals surface area contributed by atoms with Crippen molar-refractivity contribution in [3.8, 4) is 0 Å². The third-order valence-electron chi connectivity index (χ3n) is 5.66. The SMILES string of the molecule is Cc1ccc(S(=O)(=O)n2ccc3c(N(C)[C@H]4CNCC[C@H]4C)nc(Cl)nc32)cc1.